The van der Waals surface area contributed by atoms with Crippen molar-refractivity contribution in [3.8, 4) is 6.07 Å². The van der Waals surface area contributed by atoms with Crippen LogP contribution in [0.5, 0.6) is 0 Å². The smallest absolute Gasteiger partial charge is 0.128 e. The largest absolute Gasteiger partial charge is 0.500 e. The summed E-state index contributed by atoms with van der Waals surface area (Å²) in [6.45, 7) is 9.94. The van der Waals surface area contributed by atoms with Gasteiger partial charge in [0, 0.05) is 0 Å². The molecule has 0 N–H and O–H groups in total. The van der Waals surface area contributed by atoms with Crippen LogP contribution in [0.1, 0.15) is 28.2 Å². The predicted octanol–water partition coefficient (Wildman–Crippen LogP) is 3.38. The number of rotatable bonds is 3. The molecule has 84 valence electrons. The number of hydrogen-bond donors (Lipinski definition) is 0. The molecule has 0 aliphatic rings. The standard InChI is InChI=1S/C14H17NO/c1-9-6-13(7-10(2)11(9)3)14(8-15)12(4)16-5/h6-7,14H,4H2,1-3,5H3. The van der Waals surface area contributed by atoms with Gasteiger partial charge in [-0.3, -0.25) is 0 Å². The molecule has 0 aliphatic heterocycles. The van der Waals surface area contributed by atoms with Gasteiger partial charge in [-0.05, 0) is 43.0 Å². The Kier molecular flexibility index (Phi) is 3.73. The summed E-state index contributed by atoms with van der Waals surface area (Å²) in [6, 6.07) is 6.27. The van der Waals surface area contributed by atoms with Crippen LogP contribution in [0.25, 0.3) is 0 Å². The second kappa shape index (κ2) is 4.85. The Hall–Kier alpha value is -1.75. The highest BCUT2D eigenvalue weighted by Crippen LogP contribution is 2.26. The molecule has 0 bridgehead atoms. The molecule has 0 aliphatic carbocycles. The first-order valence-corrected chi connectivity index (χ1v) is 5.21. The summed E-state index contributed by atoms with van der Waals surface area (Å²) in [5.41, 5.74) is 4.61. The van der Waals surface area contributed by atoms with E-state index in [0.717, 1.165) is 5.56 Å². The molecule has 1 aromatic carbocycles. The Morgan fingerprint density at radius 3 is 2.19 bits per heavy atom. The van der Waals surface area contributed by atoms with E-state index in [1.807, 2.05) is 12.1 Å². The van der Waals surface area contributed by atoms with Gasteiger partial charge in [-0.15, -0.1) is 0 Å². The number of ether oxygens (including phenoxy) is 1. The first-order valence-electron chi connectivity index (χ1n) is 5.21. The van der Waals surface area contributed by atoms with Crippen molar-refractivity contribution in [3.63, 3.8) is 0 Å². The highest BCUT2D eigenvalue weighted by atomic mass is 16.5. The van der Waals surface area contributed by atoms with E-state index >= 15 is 0 Å². The first kappa shape index (κ1) is 12.3. The van der Waals surface area contributed by atoms with Gasteiger partial charge in [-0.2, -0.15) is 5.26 Å². The molecule has 2 heteroatoms. The van der Waals surface area contributed by atoms with Gasteiger partial charge in [0.25, 0.3) is 0 Å². The third-order valence-electron chi connectivity index (χ3n) is 3.00. The van der Waals surface area contributed by atoms with Gasteiger partial charge in [0.2, 0.25) is 0 Å². The minimum atomic E-state index is -0.386. The van der Waals surface area contributed by atoms with Gasteiger partial charge >= 0.3 is 0 Å². The lowest BCUT2D eigenvalue weighted by Crippen LogP contribution is -2.03. The zero-order valence-corrected chi connectivity index (χ0v) is 10.3. The number of benzene rings is 1. The number of nitrogens with zero attached hydrogens (tertiary/aromatic N) is 1. The Morgan fingerprint density at radius 2 is 1.81 bits per heavy atom. The van der Waals surface area contributed by atoms with Crippen molar-refractivity contribution in [3.05, 3.63) is 46.7 Å². The Morgan fingerprint density at radius 1 is 1.31 bits per heavy atom. The van der Waals surface area contributed by atoms with Crippen LogP contribution in [0, 0.1) is 32.1 Å². The number of nitriles is 1. The molecule has 2 nitrogen and oxygen atoms in total. The molecule has 1 aromatic rings. The molecular formula is C14H17NO. The van der Waals surface area contributed by atoms with Crippen LogP contribution in [0.2, 0.25) is 0 Å². The third kappa shape index (κ3) is 2.25. The normalized spacial score (nSPS) is 11.7. The number of methoxy groups -OCH3 is 1. The molecule has 0 fully saturated rings. The molecule has 0 saturated carbocycles. The van der Waals surface area contributed by atoms with E-state index < -0.39 is 0 Å². The Bertz CT molecular complexity index is 431. The molecule has 0 heterocycles. The molecule has 0 aromatic heterocycles. The monoisotopic (exact) mass is 215 g/mol. The van der Waals surface area contributed by atoms with Crippen LogP contribution in [0.15, 0.2) is 24.5 Å². The van der Waals surface area contributed by atoms with E-state index in [-0.39, 0.29) is 5.92 Å². The van der Waals surface area contributed by atoms with Crippen molar-refractivity contribution in [2.75, 3.05) is 7.11 Å². The molecule has 1 rings (SSSR count). The maximum absolute atomic E-state index is 9.14. The van der Waals surface area contributed by atoms with Gasteiger partial charge in [0.1, 0.15) is 11.7 Å². The summed E-state index contributed by atoms with van der Waals surface area (Å²) < 4.78 is 5.05. The Balaban J connectivity index is 3.23. The fraction of sp³-hybridized carbons (Fsp3) is 0.357. The van der Waals surface area contributed by atoms with E-state index in [9.17, 15) is 0 Å². The highest BCUT2D eigenvalue weighted by molar-refractivity contribution is 5.42. The summed E-state index contributed by atoms with van der Waals surface area (Å²) >= 11 is 0. The van der Waals surface area contributed by atoms with Crippen molar-refractivity contribution in [1.29, 1.82) is 5.26 Å². The first-order chi connectivity index (χ1) is 7.51. The second-order valence-corrected chi connectivity index (χ2v) is 4.01. The van der Waals surface area contributed by atoms with Crippen LogP contribution >= 0.6 is 0 Å². The van der Waals surface area contributed by atoms with Gasteiger partial charge in [-0.1, -0.05) is 18.7 Å². The van der Waals surface area contributed by atoms with Crippen LogP contribution in [0.3, 0.4) is 0 Å². The number of allylic oxidation sites excluding steroid dienone is 1. The summed E-state index contributed by atoms with van der Waals surface area (Å²) in [4.78, 5) is 0. The van der Waals surface area contributed by atoms with Gasteiger partial charge in [-0.25, -0.2) is 0 Å². The van der Waals surface area contributed by atoms with Gasteiger partial charge in [0.05, 0.1) is 13.2 Å². The Labute approximate surface area is 97.2 Å². The summed E-state index contributed by atoms with van der Waals surface area (Å²) in [5, 5.41) is 9.14. The average Bonchev–Trinajstić information content (AvgIpc) is 2.26. The minimum Gasteiger partial charge on any atom is -0.500 e. The van der Waals surface area contributed by atoms with Crippen LogP contribution in [-0.2, 0) is 4.74 Å². The zero-order chi connectivity index (χ0) is 12.3. The maximum Gasteiger partial charge on any atom is 0.128 e. The van der Waals surface area contributed by atoms with Crippen molar-refractivity contribution < 1.29 is 4.74 Å². The number of hydrogen-bond acceptors (Lipinski definition) is 2. The van der Waals surface area contributed by atoms with E-state index in [1.54, 1.807) is 7.11 Å². The lowest BCUT2D eigenvalue weighted by atomic mass is 9.92. The van der Waals surface area contributed by atoms with Crippen molar-refractivity contribution in [2.45, 2.75) is 26.7 Å². The fourth-order valence-corrected chi connectivity index (χ4v) is 1.69. The van der Waals surface area contributed by atoms with Crippen molar-refractivity contribution >= 4 is 0 Å². The lowest BCUT2D eigenvalue weighted by molar-refractivity contribution is 0.277. The summed E-state index contributed by atoms with van der Waals surface area (Å²) in [5.74, 6) is 0.105. The predicted molar refractivity (Wildman–Crippen MR) is 65.2 cm³/mol. The van der Waals surface area contributed by atoms with Crippen LogP contribution < -0.4 is 0 Å². The van der Waals surface area contributed by atoms with Gasteiger partial charge < -0.3 is 4.74 Å². The summed E-state index contributed by atoms with van der Waals surface area (Å²) in [6.07, 6.45) is 0. The molecule has 0 spiro atoms. The quantitative estimate of drug-likeness (QED) is 0.724. The fourth-order valence-electron chi connectivity index (χ4n) is 1.69. The highest BCUT2D eigenvalue weighted by Gasteiger charge is 2.16. The molecule has 16 heavy (non-hydrogen) atoms. The van der Waals surface area contributed by atoms with Gasteiger partial charge in [0.15, 0.2) is 0 Å². The van der Waals surface area contributed by atoms with Crippen molar-refractivity contribution in [1.82, 2.24) is 0 Å². The van der Waals surface area contributed by atoms with E-state index in [2.05, 4.69) is 33.4 Å². The SMILES string of the molecule is C=C(OC)C(C#N)c1cc(C)c(C)c(C)c1. The molecule has 1 atom stereocenters. The third-order valence-corrected chi connectivity index (χ3v) is 3.00. The van der Waals surface area contributed by atoms with Crippen LogP contribution in [0.4, 0.5) is 0 Å². The second-order valence-electron chi connectivity index (χ2n) is 4.01. The van der Waals surface area contributed by atoms with Crippen molar-refractivity contribution in [2.24, 2.45) is 0 Å². The van der Waals surface area contributed by atoms with E-state index in [0.29, 0.717) is 5.76 Å². The molecule has 0 radical (unpaired) electrons. The van der Waals surface area contributed by atoms with E-state index in [1.165, 1.54) is 16.7 Å². The average molecular weight is 215 g/mol. The minimum absolute atomic E-state index is 0.386. The molecule has 1 unspecified atom stereocenters. The molecular weight excluding hydrogens is 198 g/mol. The van der Waals surface area contributed by atoms with Crippen LogP contribution in [-0.4, -0.2) is 7.11 Å². The maximum atomic E-state index is 9.14. The zero-order valence-electron chi connectivity index (χ0n) is 10.3. The molecule has 0 amide bonds. The molecule has 0 saturated heterocycles. The number of aryl methyl sites for hydroxylation is 2. The topological polar surface area (TPSA) is 33.0 Å². The lowest BCUT2D eigenvalue weighted by Gasteiger charge is -2.14. The van der Waals surface area contributed by atoms with E-state index in [4.69, 9.17) is 10.00 Å². The summed E-state index contributed by atoms with van der Waals surface area (Å²) in [7, 11) is 1.54.